The van der Waals surface area contributed by atoms with E-state index in [4.69, 9.17) is 4.74 Å². The molecule has 1 atom stereocenters. The molecule has 6 nitrogen and oxygen atoms in total. The summed E-state index contributed by atoms with van der Waals surface area (Å²) < 4.78 is 31.2. The lowest BCUT2D eigenvalue weighted by Gasteiger charge is -2.28. The lowest BCUT2D eigenvalue weighted by atomic mass is 10.1. The zero-order valence-electron chi connectivity index (χ0n) is 16.3. The normalized spacial score (nSPS) is 12.3. The zero-order chi connectivity index (χ0) is 20.2. The van der Waals surface area contributed by atoms with E-state index in [1.165, 1.54) is 7.11 Å². The monoisotopic (exact) mass is 390 g/mol. The second-order valence-electron chi connectivity index (χ2n) is 6.45. The topological polar surface area (TPSA) is 75.7 Å². The summed E-state index contributed by atoms with van der Waals surface area (Å²) >= 11 is 0. The Morgan fingerprint density at radius 2 is 1.81 bits per heavy atom. The smallest absolute Gasteiger partial charge is 0.248 e. The molecule has 2 rings (SSSR count). The van der Waals surface area contributed by atoms with Gasteiger partial charge in [-0.05, 0) is 55.7 Å². The molecular weight excluding hydrogens is 364 g/mol. The van der Waals surface area contributed by atoms with Gasteiger partial charge in [0.05, 0.1) is 24.7 Å². The number of carbonyl (C=O) groups is 1. The molecule has 0 saturated heterocycles. The van der Waals surface area contributed by atoms with Crippen molar-refractivity contribution in [1.29, 1.82) is 0 Å². The Morgan fingerprint density at radius 3 is 2.33 bits per heavy atom. The first-order valence-electron chi connectivity index (χ1n) is 8.71. The minimum atomic E-state index is -3.66. The van der Waals surface area contributed by atoms with Crippen molar-refractivity contribution >= 4 is 27.3 Å². The Balaban J connectivity index is 2.33. The summed E-state index contributed by atoms with van der Waals surface area (Å²) in [5.41, 5.74) is 3.00. The molecular formula is C20H26N2O4S. The van der Waals surface area contributed by atoms with Gasteiger partial charge in [-0.25, -0.2) is 8.42 Å². The predicted molar refractivity (Wildman–Crippen MR) is 109 cm³/mol. The third-order valence-electron chi connectivity index (χ3n) is 4.30. The molecule has 0 radical (unpaired) electrons. The Hall–Kier alpha value is -2.54. The van der Waals surface area contributed by atoms with Crippen LogP contribution in [-0.4, -0.2) is 33.7 Å². The average Bonchev–Trinajstić information content (AvgIpc) is 2.61. The van der Waals surface area contributed by atoms with Crippen LogP contribution in [0.15, 0.2) is 42.5 Å². The molecule has 1 amide bonds. The van der Waals surface area contributed by atoms with Gasteiger partial charge in [-0.15, -0.1) is 0 Å². The lowest BCUT2D eigenvalue weighted by Crippen LogP contribution is -2.45. The summed E-state index contributed by atoms with van der Waals surface area (Å²) in [5.74, 6) is 0.0725. The Bertz CT molecular complexity index is 908. The van der Waals surface area contributed by atoms with E-state index in [-0.39, 0.29) is 0 Å². The molecule has 0 spiro atoms. The van der Waals surface area contributed by atoms with Gasteiger partial charge in [0.1, 0.15) is 11.8 Å². The summed E-state index contributed by atoms with van der Waals surface area (Å²) in [7, 11) is -2.14. The largest absolute Gasteiger partial charge is 0.495 e. The molecule has 0 aliphatic heterocycles. The molecule has 2 aromatic rings. The van der Waals surface area contributed by atoms with Crippen LogP contribution in [0.25, 0.3) is 0 Å². The highest BCUT2D eigenvalue weighted by atomic mass is 32.2. The number of nitrogens with one attached hydrogen (secondary N) is 1. The number of hydrogen-bond donors (Lipinski definition) is 1. The Kier molecular flexibility index (Phi) is 6.49. The highest BCUT2D eigenvalue weighted by Crippen LogP contribution is 2.27. The SMILES string of the molecule is CCc1ccc(N([C@H](C)C(=O)Nc2cc(C)ccc2OC)S(C)(=O)=O)cc1. The van der Waals surface area contributed by atoms with E-state index < -0.39 is 22.0 Å². The highest BCUT2D eigenvalue weighted by Gasteiger charge is 2.29. The molecule has 0 aliphatic carbocycles. The predicted octanol–water partition coefficient (Wildman–Crippen LogP) is 3.36. The van der Waals surface area contributed by atoms with Gasteiger partial charge in [0.25, 0.3) is 0 Å². The van der Waals surface area contributed by atoms with Crippen LogP contribution in [0.4, 0.5) is 11.4 Å². The third-order valence-corrected chi connectivity index (χ3v) is 5.54. The molecule has 1 N–H and O–H groups in total. The van der Waals surface area contributed by atoms with Gasteiger partial charge in [-0.3, -0.25) is 9.10 Å². The summed E-state index contributed by atoms with van der Waals surface area (Å²) in [5, 5.41) is 2.78. The van der Waals surface area contributed by atoms with Crippen molar-refractivity contribution in [2.24, 2.45) is 0 Å². The van der Waals surface area contributed by atoms with E-state index >= 15 is 0 Å². The number of amides is 1. The molecule has 0 aliphatic rings. The fraction of sp³-hybridized carbons (Fsp3) is 0.350. The van der Waals surface area contributed by atoms with Crippen LogP contribution >= 0.6 is 0 Å². The number of benzene rings is 2. The zero-order valence-corrected chi connectivity index (χ0v) is 17.1. The molecule has 0 saturated carbocycles. The third kappa shape index (κ3) is 5.01. The van der Waals surface area contributed by atoms with E-state index in [0.717, 1.165) is 28.1 Å². The van der Waals surface area contributed by atoms with Crippen LogP contribution in [-0.2, 0) is 21.2 Å². The first kappa shape index (κ1) is 20.8. The van der Waals surface area contributed by atoms with Crippen molar-refractivity contribution in [3.05, 3.63) is 53.6 Å². The minimum Gasteiger partial charge on any atom is -0.495 e. The number of anilines is 2. The van der Waals surface area contributed by atoms with Crippen molar-refractivity contribution < 1.29 is 17.9 Å². The fourth-order valence-electron chi connectivity index (χ4n) is 2.84. The fourth-order valence-corrected chi connectivity index (χ4v) is 4.02. The van der Waals surface area contributed by atoms with Gasteiger partial charge in [-0.1, -0.05) is 25.1 Å². The lowest BCUT2D eigenvalue weighted by molar-refractivity contribution is -0.116. The van der Waals surface area contributed by atoms with E-state index in [0.29, 0.717) is 17.1 Å². The first-order chi connectivity index (χ1) is 12.7. The number of carbonyl (C=O) groups excluding carboxylic acids is 1. The molecule has 146 valence electrons. The maximum absolute atomic E-state index is 12.8. The first-order valence-corrected chi connectivity index (χ1v) is 10.6. The highest BCUT2D eigenvalue weighted by molar-refractivity contribution is 7.92. The van der Waals surface area contributed by atoms with Crippen molar-refractivity contribution in [3.8, 4) is 5.75 Å². The van der Waals surface area contributed by atoms with E-state index in [2.05, 4.69) is 5.32 Å². The van der Waals surface area contributed by atoms with Crippen molar-refractivity contribution in [2.75, 3.05) is 23.0 Å². The van der Waals surface area contributed by atoms with Crippen LogP contribution in [0.5, 0.6) is 5.75 Å². The molecule has 27 heavy (non-hydrogen) atoms. The molecule has 2 aromatic carbocycles. The van der Waals surface area contributed by atoms with Crippen LogP contribution < -0.4 is 14.4 Å². The van der Waals surface area contributed by atoms with Gasteiger partial charge in [0, 0.05) is 0 Å². The second kappa shape index (κ2) is 8.43. The number of ether oxygens (including phenoxy) is 1. The van der Waals surface area contributed by atoms with Gasteiger partial charge < -0.3 is 10.1 Å². The number of hydrogen-bond acceptors (Lipinski definition) is 4. The molecule has 0 bridgehead atoms. The average molecular weight is 391 g/mol. The van der Waals surface area contributed by atoms with Crippen LogP contribution in [0.2, 0.25) is 0 Å². The molecule has 0 unspecified atom stereocenters. The molecule has 0 heterocycles. The van der Waals surface area contributed by atoms with Crippen LogP contribution in [0.1, 0.15) is 25.0 Å². The number of rotatable bonds is 7. The number of methoxy groups -OCH3 is 1. The molecule has 0 fully saturated rings. The number of aryl methyl sites for hydroxylation is 2. The summed E-state index contributed by atoms with van der Waals surface area (Å²) in [6, 6.07) is 11.6. The summed E-state index contributed by atoms with van der Waals surface area (Å²) in [6.45, 7) is 5.48. The summed E-state index contributed by atoms with van der Waals surface area (Å²) in [6.07, 6.45) is 1.94. The standard InChI is InChI=1S/C20H26N2O4S/c1-6-16-8-10-17(11-9-16)22(27(5,24)25)15(3)20(23)21-18-13-14(2)7-12-19(18)26-4/h7-13,15H,6H2,1-5H3,(H,21,23)/t15-/m1/s1. The maximum Gasteiger partial charge on any atom is 0.248 e. The van der Waals surface area contributed by atoms with E-state index in [1.54, 1.807) is 31.2 Å². The Morgan fingerprint density at radius 1 is 1.19 bits per heavy atom. The number of nitrogens with zero attached hydrogens (tertiary/aromatic N) is 1. The molecule has 7 heteroatoms. The Labute approximate surface area is 161 Å². The van der Waals surface area contributed by atoms with Gasteiger partial charge >= 0.3 is 0 Å². The second-order valence-corrected chi connectivity index (χ2v) is 8.31. The number of sulfonamides is 1. The van der Waals surface area contributed by atoms with Gasteiger partial charge in [-0.2, -0.15) is 0 Å². The van der Waals surface area contributed by atoms with Crippen molar-refractivity contribution in [1.82, 2.24) is 0 Å². The van der Waals surface area contributed by atoms with Gasteiger partial charge in [0.2, 0.25) is 15.9 Å². The quantitative estimate of drug-likeness (QED) is 0.787. The van der Waals surface area contributed by atoms with E-state index in [1.807, 2.05) is 32.0 Å². The minimum absolute atomic E-state index is 0.441. The van der Waals surface area contributed by atoms with Crippen molar-refractivity contribution in [2.45, 2.75) is 33.2 Å². The van der Waals surface area contributed by atoms with Crippen molar-refractivity contribution in [3.63, 3.8) is 0 Å². The van der Waals surface area contributed by atoms with Crippen LogP contribution in [0.3, 0.4) is 0 Å². The maximum atomic E-state index is 12.8. The summed E-state index contributed by atoms with van der Waals surface area (Å²) in [4.78, 5) is 12.8. The molecule has 0 aromatic heterocycles. The van der Waals surface area contributed by atoms with E-state index in [9.17, 15) is 13.2 Å². The van der Waals surface area contributed by atoms with Crippen LogP contribution in [0, 0.1) is 6.92 Å². The van der Waals surface area contributed by atoms with Gasteiger partial charge in [0.15, 0.2) is 0 Å².